The van der Waals surface area contributed by atoms with E-state index in [0.29, 0.717) is 29.9 Å². The molecule has 0 aliphatic carbocycles. The third kappa shape index (κ3) is 5.54. The van der Waals surface area contributed by atoms with Gasteiger partial charge in [0.1, 0.15) is 5.69 Å². The lowest BCUT2D eigenvalue weighted by molar-refractivity contribution is -0.119. The van der Waals surface area contributed by atoms with Gasteiger partial charge in [-0.1, -0.05) is 0 Å². The molecule has 1 aromatic carbocycles. The van der Waals surface area contributed by atoms with E-state index < -0.39 is 18.5 Å². The van der Waals surface area contributed by atoms with Crippen LogP contribution in [0.15, 0.2) is 36.5 Å². The second kappa shape index (κ2) is 9.68. The fourth-order valence-corrected chi connectivity index (χ4v) is 2.75. The van der Waals surface area contributed by atoms with Crippen LogP contribution in [-0.2, 0) is 16.6 Å². The molecule has 0 spiro atoms. The van der Waals surface area contributed by atoms with E-state index in [1.807, 2.05) is 13.8 Å². The van der Waals surface area contributed by atoms with Crippen LogP contribution in [0.5, 0.6) is 0 Å². The molecule has 1 N–H and O–H groups in total. The molecule has 2 amide bonds. The van der Waals surface area contributed by atoms with Crippen LogP contribution < -0.4 is 5.32 Å². The topological polar surface area (TPSA) is 97.7 Å². The number of nitrogens with one attached hydrogen (secondary N) is 1. The van der Waals surface area contributed by atoms with Crippen molar-refractivity contribution >= 4 is 29.3 Å². The van der Waals surface area contributed by atoms with E-state index in [0.717, 1.165) is 0 Å². The largest absolute Gasteiger partial charge is 0.451 e. The van der Waals surface area contributed by atoms with Crippen LogP contribution in [0.4, 0.5) is 5.69 Å². The summed E-state index contributed by atoms with van der Waals surface area (Å²) in [7, 11) is 1.62. The molecule has 0 bridgehead atoms. The Hall–Kier alpha value is -3.42. The monoisotopic (exact) mass is 399 g/mol. The van der Waals surface area contributed by atoms with Crippen LogP contribution in [-0.4, -0.2) is 52.7 Å². The van der Waals surface area contributed by atoms with Crippen LogP contribution in [0.1, 0.15) is 52.0 Å². The van der Waals surface area contributed by atoms with Crippen molar-refractivity contribution in [3.8, 4) is 0 Å². The number of nitrogens with zero attached hydrogens (tertiary/aromatic N) is 2. The van der Waals surface area contributed by atoms with E-state index >= 15 is 0 Å². The van der Waals surface area contributed by atoms with Gasteiger partial charge >= 0.3 is 5.97 Å². The normalized spacial score (nSPS) is 10.3. The van der Waals surface area contributed by atoms with Crippen molar-refractivity contribution in [1.82, 2.24) is 9.47 Å². The Morgan fingerprint density at radius 3 is 2.17 bits per heavy atom. The summed E-state index contributed by atoms with van der Waals surface area (Å²) in [6.07, 6.45) is 1.53. The predicted molar refractivity (Wildman–Crippen MR) is 108 cm³/mol. The molecule has 1 aromatic heterocycles. The van der Waals surface area contributed by atoms with Crippen molar-refractivity contribution in [3.63, 3.8) is 0 Å². The minimum atomic E-state index is -0.699. The SMILES string of the molecule is CCN(CC)C(=O)c1ccc(NC(=O)COC(=O)c2cc(C(C)=O)cn2C)cc1. The molecule has 2 aromatic rings. The highest BCUT2D eigenvalue weighted by Gasteiger charge is 2.17. The van der Waals surface area contributed by atoms with Crippen LogP contribution in [0, 0.1) is 0 Å². The lowest BCUT2D eigenvalue weighted by Crippen LogP contribution is -2.30. The molecule has 0 saturated heterocycles. The van der Waals surface area contributed by atoms with Gasteiger partial charge in [0.25, 0.3) is 11.8 Å². The fourth-order valence-electron chi connectivity index (χ4n) is 2.75. The van der Waals surface area contributed by atoms with Gasteiger partial charge in [-0.3, -0.25) is 14.4 Å². The van der Waals surface area contributed by atoms with Crippen molar-refractivity contribution < 1.29 is 23.9 Å². The molecule has 29 heavy (non-hydrogen) atoms. The molecule has 2 rings (SSSR count). The quantitative estimate of drug-likeness (QED) is 0.543. The Labute approximate surface area is 169 Å². The van der Waals surface area contributed by atoms with E-state index in [9.17, 15) is 19.2 Å². The zero-order chi connectivity index (χ0) is 21.6. The zero-order valence-electron chi connectivity index (χ0n) is 17.0. The number of aromatic nitrogens is 1. The number of aryl methyl sites for hydroxylation is 1. The zero-order valence-corrected chi connectivity index (χ0v) is 17.0. The van der Waals surface area contributed by atoms with Crippen LogP contribution in [0.25, 0.3) is 0 Å². The molecule has 0 fully saturated rings. The van der Waals surface area contributed by atoms with Gasteiger partial charge in [0.2, 0.25) is 0 Å². The second-order valence-electron chi connectivity index (χ2n) is 6.46. The van der Waals surface area contributed by atoms with E-state index in [1.165, 1.54) is 23.8 Å². The summed E-state index contributed by atoms with van der Waals surface area (Å²) in [5.41, 5.74) is 1.59. The summed E-state index contributed by atoms with van der Waals surface area (Å²) in [5, 5.41) is 2.61. The lowest BCUT2D eigenvalue weighted by atomic mass is 10.2. The summed E-state index contributed by atoms with van der Waals surface area (Å²) >= 11 is 0. The summed E-state index contributed by atoms with van der Waals surface area (Å²) in [4.78, 5) is 49.5. The Bertz CT molecular complexity index is 911. The molecule has 0 unspecified atom stereocenters. The van der Waals surface area contributed by atoms with E-state index in [-0.39, 0.29) is 17.4 Å². The summed E-state index contributed by atoms with van der Waals surface area (Å²) in [6, 6.07) is 7.93. The van der Waals surface area contributed by atoms with Gasteiger partial charge in [0, 0.05) is 43.1 Å². The Morgan fingerprint density at radius 1 is 1.03 bits per heavy atom. The fraction of sp³-hybridized carbons (Fsp3) is 0.333. The molecule has 0 atom stereocenters. The molecule has 1 heterocycles. The number of carbonyl (C=O) groups is 4. The number of hydrogen-bond acceptors (Lipinski definition) is 5. The summed E-state index contributed by atoms with van der Waals surface area (Å²) < 4.78 is 6.49. The molecule has 0 radical (unpaired) electrons. The Kier molecular flexibility index (Phi) is 7.30. The van der Waals surface area contributed by atoms with Gasteiger partial charge in [-0.2, -0.15) is 0 Å². The smallest absolute Gasteiger partial charge is 0.355 e. The van der Waals surface area contributed by atoms with Crippen molar-refractivity contribution in [2.75, 3.05) is 25.0 Å². The summed E-state index contributed by atoms with van der Waals surface area (Å²) in [5.74, 6) is -1.45. The van der Waals surface area contributed by atoms with Gasteiger partial charge in [0.05, 0.1) is 0 Å². The highest BCUT2D eigenvalue weighted by Crippen LogP contribution is 2.13. The maximum atomic E-state index is 12.3. The lowest BCUT2D eigenvalue weighted by Gasteiger charge is -2.18. The number of anilines is 1. The molecule has 8 nitrogen and oxygen atoms in total. The standard InChI is InChI=1S/C21H25N3O5/c1-5-24(6-2)20(27)15-7-9-17(10-8-15)22-19(26)13-29-21(28)18-11-16(14(3)25)12-23(18)4/h7-12H,5-6,13H2,1-4H3,(H,22,26). The van der Waals surface area contributed by atoms with Gasteiger partial charge < -0.3 is 19.5 Å². The maximum absolute atomic E-state index is 12.3. The number of carbonyl (C=O) groups excluding carboxylic acids is 4. The first-order valence-corrected chi connectivity index (χ1v) is 9.30. The third-order valence-corrected chi connectivity index (χ3v) is 4.42. The number of hydrogen-bond donors (Lipinski definition) is 1. The predicted octanol–water partition coefficient (Wildman–Crippen LogP) is 2.51. The van der Waals surface area contributed by atoms with E-state index in [2.05, 4.69) is 5.32 Å². The first-order chi connectivity index (χ1) is 13.8. The third-order valence-electron chi connectivity index (χ3n) is 4.42. The molecule has 0 saturated carbocycles. The average Bonchev–Trinajstić information content (AvgIpc) is 3.09. The van der Waals surface area contributed by atoms with Gasteiger partial charge in [-0.15, -0.1) is 0 Å². The van der Waals surface area contributed by atoms with Crippen LogP contribution >= 0.6 is 0 Å². The summed E-state index contributed by atoms with van der Waals surface area (Å²) in [6.45, 7) is 5.99. The van der Waals surface area contributed by atoms with Gasteiger partial charge in [0.15, 0.2) is 12.4 Å². The van der Waals surface area contributed by atoms with Crippen molar-refractivity contribution in [3.05, 3.63) is 53.3 Å². The maximum Gasteiger partial charge on any atom is 0.355 e. The van der Waals surface area contributed by atoms with Crippen molar-refractivity contribution in [2.45, 2.75) is 20.8 Å². The number of esters is 1. The molecule has 0 aliphatic heterocycles. The number of benzene rings is 1. The highest BCUT2D eigenvalue weighted by atomic mass is 16.5. The van der Waals surface area contributed by atoms with Crippen LogP contribution in [0.2, 0.25) is 0 Å². The highest BCUT2D eigenvalue weighted by molar-refractivity contribution is 5.99. The van der Waals surface area contributed by atoms with Gasteiger partial charge in [-0.25, -0.2) is 4.79 Å². The minimum absolute atomic E-state index is 0.0747. The Balaban J connectivity index is 1.91. The van der Waals surface area contributed by atoms with E-state index in [4.69, 9.17) is 4.74 Å². The number of amides is 2. The number of Topliss-reactive ketones (excluding diaryl/α,β-unsaturated/α-hetero) is 1. The van der Waals surface area contributed by atoms with E-state index in [1.54, 1.807) is 36.2 Å². The molecule has 154 valence electrons. The molecule has 8 heteroatoms. The first-order valence-electron chi connectivity index (χ1n) is 9.30. The molecule has 0 aliphatic rings. The number of ether oxygens (including phenoxy) is 1. The second-order valence-corrected chi connectivity index (χ2v) is 6.46. The van der Waals surface area contributed by atoms with Crippen molar-refractivity contribution in [2.24, 2.45) is 7.05 Å². The minimum Gasteiger partial charge on any atom is -0.451 e. The van der Waals surface area contributed by atoms with Gasteiger partial charge in [-0.05, 0) is 51.1 Å². The Morgan fingerprint density at radius 2 is 1.66 bits per heavy atom. The number of rotatable bonds is 8. The average molecular weight is 399 g/mol. The molecular formula is C21H25N3O5. The first kappa shape index (κ1) is 21.9. The number of ketones is 1. The van der Waals surface area contributed by atoms with Crippen molar-refractivity contribution in [1.29, 1.82) is 0 Å². The van der Waals surface area contributed by atoms with Crippen LogP contribution in [0.3, 0.4) is 0 Å². The molecular weight excluding hydrogens is 374 g/mol.